The van der Waals surface area contributed by atoms with E-state index in [1.54, 1.807) is 12.3 Å². The van der Waals surface area contributed by atoms with Crippen LogP contribution in [0.4, 0.5) is 0 Å². The molecule has 6 nitrogen and oxygen atoms in total. The monoisotopic (exact) mass is 163 g/mol. The van der Waals surface area contributed by atoms with Gasteiger partial charge in [0, 0.05) is 6.20 Å². The zero-order valence-electron chi connectivity index (χ0n) is 5.98. The van der Waals surface area contributed by atoms with E-state index in [-0.39, 0.29) is 5.69 Å². The molecule has 0 aromatic carbocycles. The number of aromatic nitrogens is 5. The van der Waals surface area contributed by atoms with Crippen LogP contribution in [-0.2, 0) is 0 Å². The molecule has 2 rings (SSSR count). The predicted octanol–water partition coefficient (Wildman–Crippen LogP) is -0.445. The van der Waals surface area contributed by atoms with Gasteiger partial charge in [-0.2, -0.15) is 5.10 Å². The number of hydrogen-bond donors (Lipinski definition) is 2. The molecule has 0 saturated carbocycles. The van der Waals surface area contributed by atoms with E-state index in [0.29, 0.717) is 11.5 Å². The first-order chi connectivity index (χ1) is 5.86. The maximum absolute atomic E-state index is 10.6. The Bertz CT molecular complexity index is 417. The third kappa shape index (κ3) is 1.09. The highest BCUT2D eigenvalue weighted by Gasteiger charge is 2.01. The molecule has 0 spiro atoms. The molecule has 0 saturated heterocycles. The van der Waals surface area contributed by atoms with Crippen LogP contribution < -0.4 is 5.69 Å². The van der Waals surface area contributed by atoms with Crippen LogP contribution in [0.5, 0.6) is 0 Å². The van der Waals surface area contributed by atoms with Gasteiger partial charge in [0.15, 0.2) is 5.82 Å². The molecule has 0 fully saturated rings. The molecule has 0 radical (unpaired) electrons. The largest absolute Gasteiger partial charge is 0.340 e. The molecule has 0 bridgehead atoms. The van der Waals surface area contributed by atoms with Crippen molar-refractivity contribution in [1.29, 1.82) is 0 Å². The van der Waals surface area contributed by atoms with E-state index < -0.39 is 0 Å². The molecule has 2 aromatic heterocycles. The summed E-state index contributed by atoms with van der Waals surface area (Å²) >= 11 is 0. The minimum absolute atomic E-state index is 0.344. The van der Waals surface area contributed by atoms with E-state index in [1.807, 2.05) is 0 Å². The first-order valence-corrected chi connectivity index (χ1v) is 3.27. The van der Waals surface area contributed by atoms with Crippen LogP contribution in [-0.4, -0.2) is 25.1 Å². The Morgan fingerprint density at radius 2 is 2.33 bits per heavy atom. The van der Waals surface area contributed by atoms with Crippen LogP contribution in [0.1, 0.15) is 0 Å². The number of aromatic amines is 2. The summed E-state index contributed by atoms with van der Waals surface area (Å²) in [7, 11) is 0. The van der Waals surface area contributed by atoms with E-state index in [9.17, 15) is 4.79 Å². The molecule has 0 aliphatic heterocycles. The smallest absolute Gasteiger partial charge is 0.288 e. The molecule has 12 heavy (non-hydrogen) atoms. The summed E-state index contributed by atoms with van der Waals surface area (Å²) in [5, 5.41) is 5.95. The second-order valence-corrected chi connectivity index (χ2v) is 2.12. The van der Waals surface area contributed by atoms with Crippen molar-refractivity contribution < 1.29 is 0 Å². The van der Waals surface area contributed by atoms with Gasteiger partial charge in [0.1, 0.15) is 12.0 Å². The third-order valence-electron chi connectivity index (χ3n) is 1.33. The van der Waals surface area contributed by atoms with Crippen molar-refractivity contribution in [3.8, 4) is 11.5 Å². The third-order valence-corrected chi connectivity index (χ3v) is 1.33. The molecule has 0 unspecified atom stereocenters. The van der Waals surface area contributed by atoms with Gasteiger partial charge in [0.05, 0.1) is 0 Å². The molecule has 0 aliphatic rings. The number of nitrogens with one attached hydrogen (secondary N) is 2. The van der Waals surface area contributed by atoms with Gasteiger partial charge in [-0.3, -0.25) is 4.98 Å². The summed E-state index contributed by atoms with van der Waals surface area (Å²) in [6, 6.07) is 1.66. The van der Waals surface area contributed by atoms with Crippen LogP contribution in [0.15, 0.2) is 23.4 Å². The summed E-state index contributed by atoms with van der Waals surface area (Å²) in [6.07, 6.45) is 2.97. The van der Waals surface area contributed by atoms with Crippen molar-refractivity contribution in [3.63, 3.8) is 0 Å². The lowest BCUT2D eigenvalue weighted by molar-refractivity contribution is 1.05. The van der Waals surface area contributed by atoms with E-state index in [4.69, 9.17) is 0 Å². The van der Waals surface area contributed by atoms with Crippen LogP contribution in [0.3, 0.4) is 0 Å². The zero-order valence-corrected chi connectivity index (χ0v) is 5.98. The van der Waals surface area contributed by atoms with Crippen LogP contribution in [0.2, 0.25) is 0 Å². The predicted molar refractivity (Wildman–Crippen MR) is 40.2 cm³/mol. The van der Waals surface area contributed by atoms with Gasteiger partial charge in [-0.1, -0.05) is 0 Å². The fraction of sp³-hybridized carbons (Fsp3) is 0. The number of H-pyrrole nitrogens is 2. The number of hydrogen-bond acceptors (Lipinski definition) is 4. The van der Waals surface area contributed by atoms with Crippen LogP contribution >= 0.6 is 0 Å². The summed E-state index contributed by atoms with van der Waals surface area (Å²) < 4.78 is 0. The lowest BCUT2D eigenvalue weighted by Crippen LogP contribution is -2.00. The van der Waals surface area contributed by atoms with Crippen molar-refractivity contribution in [2.45, 2.75) is 0 Å². The quantitative estimate of drug-likeness (QED) is 0.596. The average Bonchev–Trinajstić information content (AvgIpc) is 2.54. The molecule has 0 aliphatic carbocycles. The van der Waals surface area contributed by atoms with Gasteiger partial charge >= 0.3 is 5.69 Å². The first kappa shape index (κ1) is 6.71. The maximum atomic E-state index is 10.6. The molecule has 0 atom stereocenters. The van der Waals surface area contributed by atoms with Gasteiger partial charge < -0.3 is 0 Å². The average molecular weight is 163 g/mol. The maximum Gasteiger partial charge on any atom is 0.340 e. The Morgan fingerprint density at radius 1 is 1.42 bits per heavy atom. The second-order valence-electron chi connectivity index (χ2n) is 2.12. The van der Waals surface area contributed by atoms with Gasteiger partial charge in [-0.05, 0) is 6.07 Å². The minimum atomic E-state index is -0.344. The Labute approximate surface area is 66.7 Å². The molecule has 2 heterocycles. The van der Waals surface area contributed by atoms with Crippen LogP contribution in [0.25, 0.3) is 11.5 Å². The van der Waals surface area contributed by atoms with Crippen molar-refractivity contribution >= 4 is 0 Å². The highest BCUT2D eigenvalue weighted by Crippen LogP contribution is 2.04. The fourth-order valence-electron chi connectivity index (χ4n) is 0.822. The van der Waals surface area contributed by atoms with Gasteiger partial charge in [-0.25, -0.2) is 19.9 Å². The lowest BCUT2D eigenvalue weighted by atomic mass is 10.4. The molecule has 2 N–H and O–H groups in total. The Hall–Kier alpha value is -1.98. The Kier molecular flexibility index (Phi) is 1.44. The van der Waals surface area contributed by atoms with Gasteiger partial charge in [0.2, 0.25) is 0 Å². The first-order valence-electron chi connectivity index (χ1n) is 3.27. The number of nitrogens with zero attached hydrogens (tertiary/aromatic N) is 3. The minimum Gasteiger partial charge on any atom is -0.288 e. The van der Waals surface area contributed by atoms with E-state index in [1.165, 1.54) is 6.33 Å². The van der Waals surface area contributed by atoms with Gasteiger partial charge in [-0.15, -0.1) is 0 Å². The normalized spacial score (nSPS) is 10.0. The van der Waals surface area contributed by atoms with E-state index in [0.717, 1.165) is 0 Å². The molecule has 60 valence electrons. The van der Waals surface area contributed by atoms with Crippen LogP contribution in [0, 0.1) is 0 Å². The number of rotatable bonds is 1. The fourth-order valence-corrected chi connectivity index (χ4v) is 0.822. The molecule has 2 aromatic rings. The van der Waals surface area contributed by atoms with E-state index in [2.05, 4.69) is 25.1 Å². The van der Waals surface area contributed by atoms with Gasteiger partial charge in [0.25, 0.3) is 0 Å². The lowest BCUT2D eigenvalue weighted by Gasteiger charge is -1.89. The zero-order chi connectivity index (χ0) is 8.39. The van der Waals surface area contributed by atoms with Crippen molar-refractivity contribution in [1.82, 2.24) is 25.1 Å². The molecular formula is C6H5N5O. The van der Waals surface area contributed by atoms with Crippen molar-refractivity contribution in [2.24, 2.45) is 0 Å². The molecule has 6 heteroatoms. The molecule has 0 amide bonds. The summed E-state index contributed by atoms with van der Waals surface area (Å²) in [5.74, 6) is 0.419. The van der Waals surface area contributed by atoms with Crippen molar-refractivity contribution in [2.75, 3.05) is 0 Å². The Morgan fingerprint density at radius 3 is 2.92 bits per heavy atom. The second kappa shape index (κ2) is 2.57. The van der Waals surface area contributed by atoms with E-state index >= 15 is 0 Å². The Balaban J connectivity index is 2.51. The topological polar surface area (TPSA) is 87.3 Å². The SMILES string of the molecule is O=c1[nH]nc(-c2ccncn2)[nH]1. The summed E-state index contributed by atoms with van der Waals surface area (Å²) in [5.41, 5.74) is 0.243. The highest BCUT2D eigenvalue weighted by molar-refractivity contribution is 5.45. The molecular weight excluding hydrogens is 158 g/mol. The summed E-state index contributed by atoms with van der Waals surface area (Å²) in [6.45, 7) is 0. The standard InChI is InChI=1S/C6H5N5O/c12-6-9-5(10-11-6)4-1-2-7-3-8-4/h1-3H,(H2,9,10,11,12). The van der Waals surface area contributed by atoms with Crippen molar-refractivity contribution in [3.05, 3.63) is 29.1 Å². The summed E-state index contributed by atoms with van der Waals surface area (Å²) in [4.78, 5) is 20.8. The highest BCUT2D eigenvalue weighted by atomic mass is 16.1.